The van der Waals surface area contributed by atoms with Gasteiger partial charge in [0.2, 0.25) is 11.8 Å². The van der Waals surface area contributed by atoms with Crippen LogP contribution in [0.4, 0.5) is 5.69 Å². The minimum absolute atomic E-state index is 0.157. The monoisotopic (exact) mass is 339 g/mol. The number of benzene rings is 2. The van der Waals surface area contributed by atoms with Crippen molar-refractivity contribution in [2.75, 3.05) is 11.5 Å². The van der Waals surface area contributed by atoms with Crippen LogP contribution in [0.5, 0.6) is 11.5 Å². The fourth-order valence-electron chi connectivity index (χ4n) is 2.58. The number of esters is 1. The van der Waals surface area contributed by atoms with Gasteiger partial charge in [-0.15, -0.1) is 0 Å². The van der Waals surface area contributed by atoms with E-state index in [-0.39, 0.29) is 42.7 Å². The highest BCUT2D eigenvalue weighted by molar-refractivity contribution is 6.20. The molecular formula is C19H17NO5. The van der Waals surface area contributed by atoms with Crippen molar-refractivity contribution in [3.63, 3.8) is 0 Å². The molecule has 0 aliphatic carbocycles. The molecular weight excluding hydrogens is 322 g/mol. The number of carbonyl (C=O) groups is 3. The average molecular weight is 339 g/mol. The van der Waals surface area contributed by atoms with Crippen molar-refractivity contribution in [3.8, 4) is 11.5 Å². The van der Waals surface area contributed by atoms with Crippen LogP contribution < -0.4 is 14.4 Å². The molecule has 0 aromatic heterocycles. The fourth-order valence-corrected chi connectivity index (χ4v) is 2.58. The third kappa shape index (κ3) is 3.68. The van der Waals surface area contributed by atoms with Gasteiger partial charge in [-0.3, -0.25) is 9.59 Å². The predicted molar refractivity (Wildman–Crippen MR) is 90.5 cm³/mol. The second-order valence-corrected chi connectivity index (χ2v) is 5.62. The Bertz CT molecular complexity index is 814. The molecule has 0 saturated carbocycles. The van der Waals surface area contributed by atoms with E-state index in [1.165, 1.54) is 0 Å². The SMILES string of the molecule is Cc1ccccc1OCC(=O)Oc1ccccc1N1C(=O)CCC1=O. The zero-order chi connectivity index (χ0) is 17.8. The van der Waals surface area contributed by atoms with Gasteiger partial charge in [-0.25, -0.2) is 9.69 Å². The van der Waals surface area contributed by atoms with Crippen molar-refractivity contribution in [1.29, 1.82) is 0 Å². The summed E-state index contributed by atoms with van der Waals surface area (Å²) < 4.78 is 10.8. The first-order valence-electron chi connectivity index (χ1n) is 7.90. The fraction of sp³-hybridized carbons (Fsp3) is 0.211. The Hall–Kier alpha value is -3.15. The number of imide groups is 1. The van der Waals surface area contributed by atoms with Gasteiger partial charge in [-0.2, -0.15) is 0 Å². The second-order valence-electron chi connectivity index (χ2n) is 5.62. The lowest BCUT2D eigenvalue weighted by Crippen LogP contribution is -2.29. The van der Waals surface area contributed by atoms with Crippen LogP contribution in [-0.4, -0.2) is 24.4 Å². The Labute approximate surface area is 145 Å². The molecule has 2 amide bonds. The number of rotatable bonds is 5. The van der Waals surface area contributed by atoms with E-state index >= 15 is 0 Å². The third-order valence-electron chi connectivity index (χ3n) is 3.82. The smallest absolute Gasteiger partial charge is 0.349 e. The van der Waals surface area contributed by atoms with Crippen LogP contribution in [0, 0.1) is 6.92 Å². The lowest BCUT2D eigenvalue weighted by Gasteiger charge is -2.17. The van der Waals surface area contributed by atoms with E-state index in [2.05, 4.69) is 0 Å². The summed E-state index contributed by atoms with van der Waals surface area (Å²) in [5.41, 5.74) is 1.18. The third-order valence-corrected chi connectivity index (χ3v) is 3.82. The van der Waals surface area contributed by atoms with Crippen LogP contribution in [0.25, 0.3) is 0 Å². The van der Waals surface area contributed by atoms with E-state index < -0.39 is 5.97 Å². The highest BCUT2D eigenvalue weighted by atomic mass is 16.6. The van der Waals surface area contributed by atoms with Gasteiger partial charge in [-0.1, -0.05) is 30.3 Å². The van der Waals surface area contributed by atoms with Gasteiger partial charge < -0.3 is 9.47 Å². The Morgan fingerprint density at radius 2 is 1.56 bits per heavy atom. The van der Waals surface area contributed by atoms with Crippen LogP contribution in [0.1, 0.15) is 18.4 Å². The summed E-state index contributed by atoms with van der Waals surface area (Å²) in [6.45, 7) is 1.60. The molecule has 0 spiro atoms. The summed E-state index contributed by atoms with van der Waals surface area (Å²) >= 11 is 0. The molecule has 1 saturated heterocycles. The van der Waals surface area contributed by atoms with E-state index in [1.807, 2.05) is 25.1 Å². The zero-order valence-corrected chi connectivity index (χ0v) is 13.7. The maximum atomic E-state index is 12.1. The molecule has 0 atom stereocenters. The van der Waals surface area contributed by atoms with E-state index in [9.17, 15) is 14.4 Å². The van der Waals surface area contributed by atoms with E-state index in [4.69, 9.17) is 9.47 Å². The van der Waals surface area contributed by atoms with Crippen LogP contribution in [0.3, 0.4) is 0 Å². The number of ether oxygens (including phenoxy) is 2. The van der Waals surface area contributed by atoms with Crippen molar-refractivity contribution in [2.45, 2.75) is 19.8 Å². The molecule has 0 unspecified atom stereocenters. The van der Waals surface area contributed by atoms with Crippen molar-refractivity contribution in [2.24, 2.45) is 0 Å². The maximum absolute atomic E-state index is 12.1. The molecule has 0 N–H and O–H groups in total. The van der Waals surface area contributed by atoms with Crippen LogP contribution in [0.2, 0.25) is 0 Å². The van der Waals surface area contributed by atoms with Crippen molar-refractivity contribution < 1.29 is 23.9 Å². The number of hydrogen-bond acceptors (Lipinski definition) is 5. The molecule has 2 aromatic carbocycles. The molecule has 0 bridgehead atoms. The first kappa shape index (κ1) is 16.7. The number of para-hydroxylation sites is 3. The van der Waals surface area contributed by atoms with Crippen LogP contribution in [0.15, 0.2) is 48.5 Å². The molecule has 6 nitrogen and oxygen atoms in total. The van der Waals surface area contributed by atoms with Gasteiger partial charge in [0.25, 0.3) is 0 Å². The van der Waals surface area contributed by atoms with Crippen molar-refractivity contribution >= 4 is 23.5 Å². The lowest BCUT2D eigenvalue weighted by atomic mass is 10.2. The number of nitrogens with zero attached hydrogens (tertiary/aromatic N) is 1. The normalized spacial score (nSPS) is 13.9. The van der Waals surface area contributed by atoms with Gasteiger partial charge in [0, 0.05) is 12.8 Å². The first-order valence-corrected chi connectivity index (χ1v) is 7.90. The largest absolute Gasteiger partial charge is 0.482 e. The van der Waals surface area contributed by atoms with Gasteiger partial charge in [0.1, 0.15) is 5.75 Å². The highest BCUT2D eigenvalue weighted by Crippen LogP contribution is 2.32. The Morgan fingerprint density at radius 1 is 0.960 bits per heavy atom. The van der Waals surface area contributed by atoms with Crippen LogP contribution in [-0.2, 0) is 14.4 Å². The van der Waals surface area contributed by atoms with Gasteiger partial charge in [0.05, 0.1) is 5.69 Å². The van der Waals surface area contributed by atoms with E-state index in [0.717, 1.165) is 10.5 Å². The summed E-state index contributed by atoms with van der Waals surface area (Å²) in [6.07, 6.45) is 0.328. The number of carbonyl (C=O) groups excluding carboxylic acids is 3. The zero-order valence-electron chi connectivity index (χ0n) is 13.7. The summed E-state index contributed by atoms with van der Waals surface area (Å²) in [7, 11) is 0. The van der Waals surface area contributed by atoms with Gasteiger partial charge in [0.15, 0.2) is 12.4 Å². The molecule has 2 aromatic rings. The lowest BCUT2D eigenvalue weighted by molar-refractivity contribution is -0.136. The minimum atomic E-state index is -0.616. The van der Waals surface area contributed by atoms with Gasteiger partial charge >= 0.3 is 5.97 Å². The van der Waals surface area contributed by atoms with E-state index in [0.29, 0.717) is 5.75 Å². The standard InChI is InChI=1S/C19H17NO5/c1-13-6-2-4-8-15(13)24-12-19(23)25-16-9-5-3-7-14(16)20-17(21)10-11-18(20)22/h2-9H,10-12H2,1H3. The summed E-state index contributed by atoms with van der Waals surface area (Å²) in [6, 6.07) is 13.8. The summed E-state index contributed by atoms with van der Waals surface area (Å²) in [4.78, 5) is 37.0. The molecule has 1 aliphatic rings. The van der Waals surface area contributed by atoms with E-state index in [1.54, 1.807) is 30.3 Å². The molecule has 0 radical (unpaired) electrons. The Balaban J connectivity index is 1.71. The van der Waals surface area contributed by atoms with Gasteiger partial charge in [-0.05, 0) is 30.7 Å². The molecule has 1 aliphatic heterocycles. The maximum Gasteiger partial charge on any atom is 0.349 e. The number of hydrogen-bond donors (Lipinski definition) is 0. The molecule has 1 fully saturated rings. The summed E-state index contributed by atoms with van der Waals surface area (Å²) in [5, 5.41) is 0. The minimum Gasteiger partial charge on any atom is -0.482 e. The number of anilines is 1. The van der Waals surface area contributed by atoms with Crippen LogP contribution >= 0.6 is 0 Å². The Kier molecular flexibility index (Phi) is 4.79. The number of amides is 2. The number of aryl methyl sites for hydroxylation is 1. The van der Waals surface area contributed by atoms with Crippen molar-refractivity contribution in [1.82, 2.24) is 0 Å². The molecule has 25 heavy (non-hydrogen) atoms. The molecule has 128 valence electrons. The predicted octanol–water partition coefficient (Wildman–Crippen LogP) is 2.63. The topological polar surface area (TPSA) is 72.9 Å². The molecule has 1 heterocycles. The quantitative estimate of drug-likeness (QED) is 0.476. The molecule has 6 heteroatoms. The highest BCUT2D eigenvalue weighted by Gasteiger charge is 2.32. The Morgan fingerprint density at radius 3 is 2.24 bits per heavy atom. The molecule has 3 rings (SSSR count). The average Bonchev–Trinajstić information content (AvgIpc) is 2.93. The summed E-state index contributed by atoms with van der Waals surface area (Å²) in [5.74, 6) is -0.466. The first-order chi connectivity index (χ1) is 12.1. The van der Waals surface area contributed by atoms with Crippen molar-refractivity contribution in [3.05, 3.63) is 54.1 Å². The second kappa shape index (κ2) is 7.17.